The summed E-state index contributed by atoms with van der Waals surface area (Å²) in [7, 11) is 4.95. The number of piperidine rings is 1. The Labute approximate surface area is 191 Å². The number of carbonyl (C=O) groups is 1. The summed E-state index contributed by atoms with van der Waals surface area (Å²) in [5.41, 5.74) is 3.43. The molecule has 3 atom stereocenters. The molecule has 1 saturated heterocycles. The average molecular weight is 444 g/mol. The zero-order chi connectivity index (χ0) is 23.3. The first-order chi connectivity index (χ1) is 15.4. The van der Waals surface area contributed by atoms with Gasteiger partial charge in [0.05, 0.1) is 20.3 Å². The quantitative estimate of drug-likeness (QED) is 0.660. The van der Waals surface area contributed by atoms with Crippen LogP contribution >= 0.6 is 0 Å². The summed E-state index contributed by atoms with van der Waals surface area (Å²) in [5.74, 6) is 1.66. The van der Waals surface area contributed by atoms with Crippen molar-refractivity contribution in [1.82, 2.24) is 10.2 Å². The molecule has 1 aliphatic heterocycles. The molecule has 0 saturated carbocycles. The van der Waals surface area contributed by atoms with Gasteiger partial charge in [-0.1, -0.05) is 24.6 Å². The van der Waals surface area contributed by atoms with Crippen LogP contribution in [0.5, 0.6) is 11.5 Å². The fourth-order valence-electron chi connectivity index (χ4n) is 4.62. The van der Waals surface area contributed by atoms with Crippen molar-refractivity contribution in [2.24, 2.45) is 5.92 Å². The second kappa shape index (κ2) is 10.9. The van der Waals surface area contributed by atoms with Crippen molar-refractivity contribution in [2.45, 2.75) is 51.8 Å². The molecule has 2 N–H and O–H groups in total. The van der Waals surface area contributed by atoms with Crippen molar-refractivity contribution in [1.29, 1.82) is 0 Å². The van der Waals surface area contributed by atoms with Gasteiger partial charge in [0.25, 0.3) is 0 Å². The van der Waals surface area contributed by atoms with Crippen molar-refractivity contribution >= 4 is 11.7 Å². The molecule has 1 fully saturated rings. The monoisotopic (exact) mass is 443 g/mol. The Morgan fingerprint density at radius 2 is 1.72 bits per heavy atom. The number of hydrogen-bond acceptors (Lipinski definition) is 5. The Kier molecular flexibility index (Phi) is 8.21. The molecule has 2 amide bonds. The lowest BCUT2D eigenvalue weighted by molar-refractivity contribution is 0.105. The number of rotatable bonds is 7. The molecule has 32 heavy (non-hydrogen) atoms. The third-order valence-corrected chi connectivity index (χ3v) is 6.84. The predicted molar refractivity (Wildman–Crippen MR) is 128 cm³/mol. The fourth-order valence-corrected chi connectivity index (χ4v) is 4.62. The number of ether oxygens (including phenoxy) is 3. The van der Waals surface area contributed by atoms with Crippen molar-refractivity contribution in [3.05, 3.63) is 41.5 Å². The number of benzene rings is 1. The number of urea groups is 1. The Bertz CT molecular complexity index is 836. The number of amides is 2. The van der Waals surface area contributed by atoms with Crippen LogP contribution in [0.15, 0.2) is 41.5 Å². The van der Waals surface area contributed by atoms with Gasteiger partial charge in [-0.25, -0.2) is 4.79 Å². The maximum absolute atomic E-state index is 12.5. The lowest BCUT2D eigenvalue weighted by Crippen LogP contribution is -2.48. The van der Waals surface area contributed by atoms with E-state index in [0.717, 1.165) is 25.9 Å². The van der Waals surface area contributed by atoms with E-state index in [1.54, 1.807) is 39.5 Å². The van der Waals surface area contributed by atoms with Gasteiger partial charge in [-0.2, -0.15) is 0 Å². The summed E-state index contributed by atoms with van der Waals surface area (Å²) in [6.45, 7) is 8.63. The minimum Gasteiger partial charge on any atom is -0.497 e. The summed E-state index contributed by atoms with van der Waals surface area (Å²) in [6, 6.07) is 5.62. The number of methoxy groups -OCH3 is 3. The highest BCUT2D eigenvalue weighted by Gasteiger charge is 2.29. The lowest BCUT2D eigenvalue weighted by atomic mass is 9.84. The second-order valence-corrected chi connectivity index (χ2v) is 8.67. The number of likely N-dealkylation sites (tertiary alicyclic amines) is 1. The molecule has 0 aromatic heterocycles. The number of hydrogen-bond donors (Lipinski definition) is 2. The highest BCUT2D eigenvalue weighted by Crippen LogP contribution is 2.31. The molecule has 7 heteroatoms. The van der Waals surface area contributed by atoms with Gasteiger partial charge >= 0.3 is 6.03 Å². The summed E-state index contributed by atoms with van der Waals surface area (Å²) in [5, 5.41) is 6.00. The molecule has 1 aromatic rings. The minimum absolute atomic E-state index is 0.153. The first-order valence-electron chi connectivity index (χ1n) is 11.3. The normalized spacial score (nSPS) is 23.1. The highest BCUT2D eigenvalue weighted by atomic mass is 16.5. The Hall–Kier alpha value is -2.51. The predicted octanol–water partition coefficient (Wildman–Crippen LogP) is 4.22. The molecule has 1 aliphatic carbocycles. The van der Waals surface area contributed by atoms with Crippen LogP contribution in [-0.2, 0) is 4.74 Å². The maximum atomic E-state index is 12.5. The molecule has 3 rings (SSSR count). The summed E-state index contributed by atoms with van der Waals surface area (Å²) in [4.78, 5) is 15.0. The van der Waals surface area contributed by atoms with Gasteiger partial charge < -0.3 is 24.8 Å². The van der Waals surface area contributed by atoms with Crippen molar-refractivity contribution in [2.75, 3.05) is 39.7 Å². The lowest BCUT2D eigenvalue weighted by Gasteiger charge is -2.39. The molecule has 7 nitrogen and oxygen atoms in total. The van der Waals surface area contributed by atoms with Gasteiger partial charge in [-0.05, 0) is 32.3 Å². The summed E-state index contributed by atoms with van der Waals surface area (Å²) < 4.78 is 16.1. The number of nitrogens with zero attached hydrogens (tertiary/aromatic N) is 1. The van der Waals surface area contributed by atoms with Gasteiger partial charge in [0.1, 0.15) is 11.5 Å². The van der Waals surface area contributed by atoms with Gasteiger partial charge in [0.2, 0.25) is 0 Å². The van der Waals surface area contributed by atoms with Crippen LogP contribution in [0.3, 0.4) is 0 Å². The van der Waals surface area contributed by atoms with Crippen LogP contribution in [0, 0.1) is 5.92 Å². The molecule has 1 heterocycles. The molecule has 3 unspecified atom stereocenters. The van der Waals surface area contributed by atoms with Crippen LogP contribution in [0.2, 0.25) is 0 Å². The van der Waals surface area contributed by atoms with E-state index in [1.807, 2.05) is 0 Å². The third-order valence-electron chi connectivity index (χ3n) is 6.84. The van der Waals surface area contributed by atoms with E-state index in [9.17, 15) is 4.79 Å². The number of nitrogens with one attached hydrogen (secondary N) is 2. The van der Waals surface area contributed by atoms with Crippen LogP contribution < -0.4 is 20.1 Å². The van der Waals surface area contributed by atoms with Gasteiger partial charge in [-0.15, -0.1) is 0 Å². The number of anilines is 1. The molecule has 1 aromatic carbocycles. The average Bonchev–Trinajstić information content (AvgIpc) is 2.80. The second-order valence-electron chi connectivity index (χ2n) is 8.67. The Morgan fingerprint density at radius 3 is 2.28 bits per heavy atom. The standard InChI is InChI=1S/C25H37N3O4/c1-16-17(2)24(32-6)8-7-23(16)18(3)28-11-9-19(10-12-28)26-25(29)27-20-13-21(30-4)15-22(14-20)31-5/h7-8,13-15,17-19,24H,9-12H2,1-6H3,(H2,26,27,29). The zero-order valence-corrected chi connectivity index (χ0v) is 20.1. The van der Waals surface area contributed by atoms with Crippen molar-refractivity contribution in [3.8, 4) is 11.5 Å². The third kappa shape index (κ3) is 5.64. The van der Waals surface area contributed by atoms with E-state index >= 15 is 0 Å². The minimum atomic E-state index is -0.208. The molecular formula is C25H37N3O4. The van der Waals surface area contributed by atoms with Gasteiger partial charge in [0, 0.05) is 62.1 Å². The van der Waals surface area contributed by atoms with Crippen LogP contribution in [0.1, 0.15) is 33.6 Å². The molecular weight excluding hydrogens is 406 g/mol. The van der Waals surface area contributed by atoms with E-state index in [1.165, 1.54) is 11.1 Å². The van der Waals surface area contributed by atoms with Gasteiger partial charge in [0.15, 0.2) is 0 Å². The van der Waals surface area contributed by atoms with Crippen LogP contribution in [-0.4, -0.2) is 63.5 Å². The van der Waals surface area contributed by atoms with E-state index in [-0.39, 0.29) is 18.2 Å². The molecule has 0 radical (unpaired) electrons. The van der Waals surface area contributed by atoms with Crippen molar-refractivity contribution < 1.29 is 19.0 Å². The van der Waals surface area contributed by atoms with E-state index < -0.39 is 0 Å². The summed E-state index contributed by atoms with van der Waals surface area (Å²) >= 11 is 0. The van der Waals surface area contributed by atoms with Crippen LogP contribution in [0.25, 0.3) is 0 Å². The van der Waals surface area contributed by atoms with E-state index in [0.29, 0.717) is 29.1 Å². The highest BCUT2D eigenvalue weighted by molar-refractivity contribution is 5.90. The smallest absolute Gasteiger partial charge is 0.319 e. The maximum Gasteiger partial charge on any atom is 0.319 e. The topological polar surface area (TPSA) is 72.1 Å². The zero-order valence-electron chi connectivity index (χ0n) is 20.1. The van der Waals surface area contributed by atoms with Crippen molar-refractivity contribution in [3.63, 3.8) is 0 Å². The largest absolute Gasteiger partial charge is 0.497 e. The first kappa shape index (κ1) is 24.1. The molecule has 0 spiro atoms. The SMILES string of the molecule is COc1cc(NC(=O)NC2CCN(C(C)C3=C(C)C(C)C(OC)C=C3)CC2)cc(OC)c1. The fraction of sp³-hybridized carbons (Fsp3) is 0.560. The summed E-state index contributed by atoms with van der Waals surface area (Å²) in [6.07, 6.45) is 6.41. The first-order valence-corrected chi connectivity index (χ1v) is 11.3. The molecule has 2 aliphatic rings. The van der Waals surface area contributed by atoms with Gasteiger partial charge in [-0.3, -0.25) is 4.90 Å². The van der Waals surface area contributed by atoms with Crippen LogP contribution in [0.4, 0.5) is 10.5 Å². The molecule has 0 bridgehead atoms. The van der Waals surface area contributed by atoms with E-state index in [4.69, 9.17) is 14.2 Å². The molecule has 176 valence electrons. The Morgan fingerprint density at radius 1 is 1.09 bits per heavy atom. The number of carbonyl (C=O) groups excluding carboxylic acids is 1. The Balaban J connectivity index is 1.52. The van der Waals surface area contributed by atoms with E-state index in [2.05, 4.69) is 48.5 Å².